The molecule has 2 nitrogen and oxygen atoms in total. The van der Waals surface area contributed by atoms with Crippen LogP contribution in [0.5, 0.6) is 0 Å². The summed E-state index contributed by atoms with van der Waals surface area (Å²) in [5.41, 5.74) is 8.69. The van der Waals surface area contributed by atoms with Crippen molar-refractivity contribution in [1.82, 2.24) is 0 Å². The van der Waals surface area contributed by atoms with E-state index in [-0.39, 0.29) is 12.1 Å². The van der Waals surface area contributed by atoms with Gasteiger partial charge in [-0.25, -0.2) is 0 Å². The second-order valence-corrected chi connectivity index (χ2v) is 5.09. The average molecular weight is 233 g/mol. The Hall–Kier alpha value is -0.860. The summed E-state index contributed by atoms with van der Waals surface area (Å²) in [5.74, 6) is 0. The van der Waals surface area contributed by atoms with Gasteiger partial charge in [0, 0.05) is 6.04 Å². The lowest BCUT2D eigenvalue weighted by atomic mass is 9.94. The molecule has 0 bridgehead atoms. The van der Waals surface area contributed by atoms with Gasteiger partial charge in [-0.1, -0.05) is 36.8 Å². The Kier molecular flexibility index (Phi) is 4.19. The molecule has 2 unspecified atom stereocenters. The minimum atomic E-state index is 0.0610. The van der Waals surface area contributed by atoms with Gasteiger partial charge >= 0.3 is 0 Å². The Morgan fingerprint density at radius 2 is 1.94 bits per heavy atom. The number of benzene rings is 1. The van der Waals surface area contributed by atoms with Crippen molar-refractivity contribution in [1.29, 1.82) is 0 Å². The molecule has 0 spiro atoms. The van der Waals surface area contributed by atoms with Crippen molar-refractivity contribution >= 4 is 0 Å². The van der Waals surface area contributed by atoms with Crippen molar-refractivity contribution in [3.05, 3.63) is 35.4 Å². The van der Waals surface area contributed by atoms with E-state index in [0.29, 0.717) is 6.10 Å². The van der Waals surface area contributed by atoms with E-state index in [0.717, 1.165) is 6.42 Å². The lowest BCUT2D eigenvalue weighted by Crippen LogP contribution is -2.34. The number of hydrogen-bond acceptors (Lipinski definition) is 2. The van der Waals surface area contributed by atoms with Gasteiger partial charge < -0.3 is 10.5 Å². The Balaban J connectivity index is 2.10. The first kappa shape index (κ1) is 12.6. The van der Waals surface area contributed by atoms with Gasteiger partial charge in [-0.3, -0.25) is 0 Å². The first-order valence-electron chi connectivity index (χ1n) is 6.68. The van der Waals surface area contributed by atoms with Gasteiger partial charge in [0.2, 0.25) is 0 Å². The first-order valence-corrected chi connectivity index (χ1v) is 6.68. The van der Waals surface area contributed by atoms with Crippen molar-refractivity contribution in [2.24, 2.45) is 5.73 Å². The molecule has 1 aromatic rings. The smallest absolute Gasteiger partial charge is 0.0979 e. The van der Waals surface area contributed by atoms with Gasteiger partial charge in [0.15, 0.2) is 0 Å². The highest BCUT2D eigenvalue weighted by Crippen LogP contribution is 2.31. The molecule has 1 saturated carbocycles. The van der Waals surface area contributed by atoms with Gasteiger partial charge in [0.05, 0.1) is 12.2 Å². The van der Waals surface area contributed by atoms with E-state index in [1.54, 1.807) is 0 Å². The molecule has 17 heavy (non-hydrogen) atoms. The largest absolute Gasteiger partial charge is 0.369 e. The van der Waals surface area contributed by atoms with Crippen LogP contribution in [0.2, 0.25) is 0 Å². The summed E-state index contributed by atoms with van der Waals surface area (Å²) in [4.78, 5) is 0. The maximum absolute atomic E-state index is 6.19. The van der Waals surface area contributed by atoms with Gasteiger partial charge in [0.25, 0.3) is 0 Å². The van der Waals surface area contributed by atoms with Crippen LogP contribution < -0.4 is 5.73 Å². The van der Waals surface area contributed by atoms with E-state index in [9.17, 15) is 0 Å². The van der Waals surface area contributed by atoms with Gasteiger partial charge in [-0.2, -0.15) is 0 Å². The predicted octanol–water partition coefficient (Wildman–Crippen LogP) is 3.34. The number of hydrogen-bond donors (Lipinski definition) is 1. The summed E-state index contributed by atoms with van der Waals surface area (Å²) in [6.07, 6.45) is 5.12. The summed E-state index contributed by atoms with van der Waals surface area (Å²) in [5, 5.41) is 0. The van der Waals surface area contributed by atoms with Crippen LogP contribution in [0.25, 0.3) is 0 Å². The van der Waals surface area contributed by atoms with Crippen molar-refractivity contribution in [2.45, 2.75) is 57.8 Å². The molecule has 0 aromatic heterocycles. The monoisotopic (exact) mass is 233 g/mol. The number of aryl methyl sites for hydroxylation is 1. The van der Waals surface area contributed by atoms with Crippen LogP contribution in [0.3, 0.4) is 0 Å². The highest BCUT2D eigenvalue weighted by atomic mass is 16.5. The molecule has 94 valence electrons. The summed E-state index contributed by atoms with van der Waals surface area (Å²) in [7, 11) is 0. The molecule has 0 saturated heterocycles. The second-order valence-electron chi connectivity index (χ2n) is 5.09. The van der Waals surface area contributed by atoms with Crippen LogP contribution in [0, 0.1) is 6.92 Å². The van der Waals surface area contributed by atoms with Gasteiger partial charge in [-0.05, 0) is 38.2 Å². The highest BCUT2D eigenvalue weighted by molar-refractivity contribution is 5.24. The first-order chi connectivity index (χ1) is 8.20. The summed E-state index contributed by atoms with van der Waals surface area (Å²) >= 11 is 0. The number of nitrogens with two attached hydrogens (primary N) is 1. The van der Waals surface area contributed by atoms with Crippen LogP contribution in [-0.2, 0) is 4.74 Å². The molecule has 2 N–H and O–H groups in total. The van der Waals surface area contributed by atoms with Crippen LogP contribution in [-0.4, -0.2) is 12.1 Å². The molecular formula is C15H23NO. The second kappa shape index (κ2) is 5.65. The third-order valence-electron chi connectivity index (χ3n) is 3.66. The van der Waals surface area contributed by atoms with Crippen LogP contribution in [0.15, 0.2) is 24.3 Å². The zero-order chi connectivity index (χ0) is 12.3. The molecule has 0 heterocycles. The van der Waals surface area contributed by atoms with E-state index in [2.05, 4.69) is 38.1 Å². The zero-order valence-corrected chi connectivity index (χ0v) is 10.9. The fraction of sp³-hybridized carbons (Fsp3) is 0.600. The van der Waals surface area contributed by atoms with Crippen molar-refractivity contribution in [2.75, 3.05) is 0 Å². The molecular weight excluding hydrogens is 210 g/mol. The van der Waals surface area contributed by atoms with E-state index >= 15 is 0 Å². The summed E-state index contributed by atoms with van der Waals surface area (Å²) < 4.78 is 6.14. The Morgan fingerprint density at radius 3 is 2.41 bits per heavy atom. The van der Waals surface area contributed by atoms with E-state index in [1.165, 1.54) is 30.4 Å². The molecule has 0 radical (unpaired) electrons. The van der Waals surface area contributed by atoms with Gasteiger partial charge in [-0.15, -0.1) is 0 Å². The van der Waals surface area contributed by atoms with Gasteiger partial charge in [0.1, 0.15) is 0 Å². The number of ether oxygens (including phenoxy) is 1. The molecule has 1 aliphatic rings. The lowest BCUT2D eigenvalue weighted by molar-refractivity contribution is -0.0638. The fourth-order valence-corrected chi connectivity index (χ4v) is 2.11. The molecule has 0 amide bonds. The lowest BCUT2D eigenvalue weighted by Gasteiger charge is -2.33. The standard InChI is InChI=1S/C15H23NO/c1-3-14(16)15(17-13-5-4-6-13)12-9-7-11(2)8-10-12/h7-10,13-15H,3-6,16H2,1-2H3. The summed E-state index contributed by atoms with van der Waals surface area (Å²) in [6, 6.07) is 8.66. The highest BCUT2D eigenvalue weighted by Gasteiger charge is 2.26. The Labute approximate surface area is 104 Å². The van der Waals surface area contributed by atoms with Crippen molar-refractivity contribution in [3.8, 4) is 0 Å². The predicted molar refractivity (Wildman–Crippen MR) is 70.9 cm³/mol. The van der Waals surface area contributed by atoms with Crippen molar-refractivity contribution in [3.63, 3.8) is 0 Å². The van der Waals surface area contributed by atoms with Crippen LogP contribution in [0.1, 0.15) is 49.8 Å². The van der Waals surface area contributed by atoms with Crippen LogP contribution >= 0.6 is 0 Å². The third-order valence-corrected chi connectivity index (χ3v) is 3.66. The Morgan fingerprint density at radius 1 is 1.29 bits per heavy atom. The van der Waals surface area contributed by atoms with E-state index in [4.69, 9.17) is 10.5 Å². The zero-order valence-electron chi connectivity index (χ0n) is 10.9. The van der Waals surface area contributed by atoms with Crippen LogP contribution in [0.4, 0.5) is 0 Å². The van der Waals surface area contributed by atoms with E-state index < -0.39 is 0 Å². The maximum atomic E-state index is 6.19. The van der Waals surface area contributed by atoms with Crippen molar-refractivity contribution < 1.29 is 4.74 Å². The molecule has 1 aromatic carbocycles. The maximum Gasteiger partial charge on any atom is 0.0979 e. The topological polar surface area (TPSA) is 35.2 Å². The molecule has 2 heteroatoms. The fourth-order valence-electron chi connectivity index (χ4n) is 2.11. The summed E-state index contributed by atoms with van der Waals surface area (Å²) in [6.45, 7) is 4.22. The molecule has 2 rings (SSSR count). The molecule has 1 fully saturated rings. The molecule has 0 aliphatic heterocycles. The minimum Gasteiger partial charge on any atom is -0.369 e. The number of rotatable bonds is 5. The third kappa shape index (κ3) is 3.08. The minimum absolute atomic E-state index is 0.0610. The average Bonchev–Trinajstić information content (AvgIpc) is 2.29. The quantitative estimate of drug-likeness (QED) is 0.846. The molecule has 2 atom stereocenters. The Bertz CT molecular complexity index is 342. The normalized spacial score (nSPS) is 19.7. The SMILES string of the molecule is CCC(N)C(OC1CCC1)c1ccc(C)cc1. The van der Waals surface area contributed by atoms with E-state index in [1.807, 2.05) is 0 Å². The molecule has 1 aliphatic carbocycles.